The van der Waals surface area contributed by atoms with Gasteiger partial charge in [-0.3, -0.25) is 4.79 Å². The van der Waals surface area contributed by atoms with E-state index >= 15 is 0 Å². The predicted octanol–water partition coefficient (Wildman–Crippen LogP) is 1.91. The number of rotatable bonds is 4. The summed E-state index contributed by atoms with van der Waals surface area (Å²) in [6.45, 7) is 3.63. The summed E-state index contributed by atoms with van der Waals surface area (Å²) >= 11 is 0. The SMILES string of the molecule is CC(CNC(=O)N1CCc2ccccc2CC1)CC(=O)O. The largest absolute Gasteiger partial charge is 0.481 e. The predicted molar refractivity (Wildman–Crippen MR) is 80.2 cm³/mol. The molecule has 1 aromatic rings. The van der Waals surface area contributed by atoms with Crippen LogP contribution >= 0.6 is 0 Å². The molecule has 1 atom stereocenters. The molecule has 0 aliphatic carbocycles. The number of hydrogen-bond donors (Lipinski definition) is 2. The van der Waals surface area contributed by atoms with Crippen LogP contribution in [0.1, 0.15) is 24.5 Å². The first-order valence-electron chi connectivity index (χ1n) is 7.37. The fraction of sp³-hybridized carbons (Fsp3) is 0.500. The minimum absolute atomic E-state index is 0.0596. The van der Waals surface area contributed by atoms with Gasteiger partial charge in [0.1, 0.15) is 0 Å². The van der Waals surface area contributed by atoms with Crippen molar-refractivity contribution in [3.05, 3.63) is 35.4 Å². The zero-order valence-corrected chi connectivity index (χ0v) is 12.3. The van der Waals surface area contributed by atoms with Crippen molar-refractivity contribution in [1.29, 1.82) is 0 Å². The van der Waals surface area contributed by atoms with Crippen LogP contribution < -0.4 is 5.32 Å². The van der Waals surface area contributed by atoms with Gasteiger partial charge in [-0.2, -0.15) is 0 Å². The molecule has 0 saturated carbocycles. The molecule has 0 saturated heterocycles. The highest BCUT2D eigenvalue weighted by Crippen LogP contribution is 2.15. The van der Waals surface area contributed by atoms with Gasteiger partial charge in [-0.1, -0.05) is 31.2 Å². The first kappa shape index (κ1) is 15.4. The molecule has 0 fully saturated rings. The lowest BCUT2D eigenvalue weighted by molar-refractivity contribution is -0.137. The molecule has 114 valence electrons. The van der Waals surface area contributed by atoms with Crippen LogP contribution in [0.2, 0.25) is 0 Å². The lowest BCUT2D eigenvalue weighted by Gasteiger charge is -2.21. The highest BCUT2D eigenvalue weighted by molar-refractivity contribution is 5.74. The molecule has 5 nitrogen and oxygen atoms in total. The molecule has 21 heavy (non-hydrogen) atoms. The van der Waals surface area contributed by atoms with Crippen molar-refractivity contribution in [2.24, 2.45) is 5.92 Å². The number of nitrogens with zero attached hydrogens (tertiary/aromatic N) is 1. The molecule has 2 amide bonds. The number of carbonyl (C=O) groups is 2. The molecule has 1 aliphatic heterocycles. The molecule has 1 heterocycles. The van der Waals surface area contributed by atoms with Crippen molar-refractivity contribution < 1.29 is 14.7 Å². The lowest BCUT2D eigenvalue weighted by Crippen LogP contribution is -2.43. The monoisotopic (exact) mass is 290 g/mol. The number of hydrogen-bond acceptors (Lipinski definition) is 2. The summed E-state index contributed by atoms with van der Waals surface area (Å²) in [5.74, 6) is -0.891. The number of fused-ring (bicyclic) bond motifs is 1. The van der Waals surface area contributed by atoms with E-state index in [1.165, 1.54) is 11.1 Å². The number of nitrogens with one attached hydrogen (secondary N) is 1. The van der Waals surface area contributed by atoms with E-state index in [1.54, 1.807) is 0 Å². The third-order valence-corrected chi connectivity index (χ3v) is 3.83. The number of carbonyl (C=O) groups excluding carboxylic acids is 1. The van der Waals surface area contributed by atoms with Crippen molar-refractivity contribution in [3.8, 4) is 0 Å². The Morgan fingerprint density at radius 3 is 2.33 bits per heavy atom. The molecule has 1 aromatic carbocycles. The molecule has 5 heteroatoms. The van der Waals surface area contributed by atoms with E-state index < -0.39 is 5.97 Å². The van der Waals surface area contributed by atoms with Crippen LogP contribution in [0.3, 0.4) is 0 Å². The summed E-state index contributed by atoms with van der Waals surface area (Å²) in [5, 5.41) is 11.5. The molecule has 0 aromatic heterocycles. The van der Waals surface area contributed by atoms with E-state index in [4.69, 9.17) is 5.11 Å². The number of amides is 2. The molecule has 0 spiro atoms. The van der Waals surface area contributed by atoms with Crippen LogP contribution in [0, 0.1) is 5.92 Å². The Labute approximate surface area is 125 Å². The van der Waals surface area contributed by atoms with Gasteiger partial charge < -0.3 is 15.3 Å². The quantitative estimate of drug-likeness (QED) is 0.890. The third kappa shape index (κ3) is 4.48. The van der Waals surface area contributed by atoms with Crippen molar-refractivity contribution in [2.45, 2.75) is 26.2 Å². The maximum atomic E-state index is 12.2. The molecular formula is C16H22N2O3. The number of carboxylic acid groups (broad SMARTS) is 1. The number of carboxylic acids is 1. The van der Waals surface area contributed by atoms with E-state index in [1.807, 2.05) is 24.0 Å². The molecule has 1 unspecified atom stereocenters. The van der Waals surface area contributed by atoms with Crippen LogP contribution in [0.5, 0.6) is 0 Å². The van der Waals surface area contributed by atoms with Gasteiger partial charge in [0.2, 0.25) is 0 Å². The van der Waals surface area contributed by atoms with Gasteiger partial charge in [0, 0.05) is 26.1 Å². The second-order valence-corrected chi connectivity index (χ2v) is 5.64. The molecular weight excluding hydrogens is 268 g/mol. The van der Waals surface area contributed by atoms with Crippen LogP contribution in [0.15, 0.2) is 24.3 Å². The first-order valence-corrected chi connectivity index (χ1v) is 7.37. The summed E-state index contributed by atoms with van der Waals surface area (Å²) in [6, 6.07) is 8.20. The maximum Gasteiger partial charge on any atom is 0.317 e. The number of benzene rings is 1. The first-order chi connectivity index (χ1) is 10.1. The average Bonchev–Trinajstić information content (AvgIpc) is 2.66. The minimum Gasteiger partial charge on any atom is -0.481 e. The molecule has 2 N–H and O–H groups in total. The second-order valence-electron chi connectivity index (χ2n) is 5.64. The Bertz CT molecular complexity index is 489. The van der Waals surface area contributed by atoms with Crippen molar-refractivity contribution >= 4 is 12.0 Å². The van der Waals surface area contributed by atoms with E-state index in [0.717, 1.165) is 12.8 Å². The average molecular weight is 290 g/mol. The zero-order chi connectivity index (χ0) is 15.2. The van der Waals surface area contributed by atoms with Gasteiger partial charge in [0.25, 0.3) is 0 Å². The summed E-state index contributed by atoms with van der Waals surface area (Å²) in [7, 11) is 0. The Kier molecular flexibility index (Phi) is 5.20. The van der Waals surface area contributed by atoms with Gasteiger partial charge in [0.15, 0.2) is 0 Å². The van der Waals surface area contributed by atoms with Crippen LogP contribution in [0.4, 0.5) is 4.79 Å². The molecule has 1 aliphatic rings. The highest BCUT2D eigenvalue weighted by atomic mass is 16.4. The molecule has 0 radical (unpaired) electrons. The fourth-order valence-corrected chi connectivity index (χ4v) is 2.61. The number of urea groups is 1. The topological polar surface area (TPSA) is 69.6 Å². The summed E-state index contributed by atoms with van der Waals surface area (Å²) < 4.78 is 0. The smallest absolute Gasteiger partial charge is 0.317 e. The Hall–Kier alpha value is -2.04. The van der Waals surface area contributed by atoms with Crippen LogP contribution in [-0.2, 0) is 17.6 Å². The summed E-state index contributed by atoms with van der Waals surface area (Å²) in [5.41, 5.74) is 2.62. The summed E-state index contributed by atoms with van der Waals surface area (Å²) in [6.07, 6.45) is 1.81. The Morgan fingerprint density at radius 1 is 1.24 bits per heavy atom. The van der Waals surface area contributed by atoms with Gasteiger partial charge in [-0.15, -0.1) is 0 Å². The van der Waals surface area contributed by atoms with E-state index in [-0.39, 0.29) is 18.4 Å². The number of aliphatic carboxylic acids is 1. The van der Waals surface area contributed by atoms with E-state index in [2.05, 4.69) is 17.4 Å². The third-order valence-electron chi connectivity index (χ3n) is 3.83. The van der Waals surface area contributed by atoms with Gasteiger partial charge in [-0.25, -0.2) is 4.79 Å². The Morgan fingerprint density at radius 2 is 1.81 bits per heavy atom. The minimum atomic E-state index is -0.832. The van der Waals surface area contributed by atoms with Gasteiger partial charge in [0.05, 0.1) is 0 Å². The second kappa shape index (κ2) is 7.11. The maximum absolute atomic E-state index is 12.2. The molecule has 2 rings (SSSR count). The van der Waals surface area contributed by atoms with Crippen molar-refractivity contribution in [2.75, 3.05) is 19.6 Å². The molecule has 0 bridgehead atoms. The van der Waals surface area contributed by atoms with Gasteiger partial charge in [-0.05, 0) is 29.9 Å². The van der Waals surface area contributed by atoms with Crippen LogP contribution in [-0.4, -0.2) is 41.6 Å². The standard InChI is InChI=1S/C16H22N2O3/c1-12(10-15(19)20)11-17-16(21)18-8-6-13-4-2-3-5-14(13)7-9-18/h2-5,12H,6-11H2,1H3,(H,17,21)(H,19,20). The Balaban J connectivity index is 1.83. The van der Waals surface area contributed by atoms with Crippen molar-refractivity contribution in [1.82, 2.24) is 10.2 Å². The highest BCUT2D eigenvalue weighted by Gasteiger charge is 2.18. The van der Waals surface area contributed by atoms with E-state index in [9.17, 15) is 9.59 Å². The zero-order valence-electron chi connectivity index (χ0n) is 12.3. The van der Waals surface area contributed by atoms with Crippen molar-refractivity contribution in [3.63, 3.8) is 0 Å². The van der Waals surface area contributed by atoms with Crippen LogP contribution in [0.25, 0.3) is 0 Å². The summed E-state index contributed by atoms with van der Waals surface area (Å²) in [4.78, 5) is 24.6. The van der Waals surface area contributed by atoms with Gasteiger partial charge >= 0.3 is 12.0 Å². The fourth-order valence-electron chi connectivity index (χ4n) is 2.61. The van der Waals surface area contributed by atoms with E-state index in [0.29, 0.717) is 19.6 Å². The normalized spacial score (nSPS) is 15.8. The lowest BCUT2D eigenvalue weighted by atomic mass is 10.0.